The van der Waals surface area contributed by atoms with E-state index in [2.05, 4.69) is 10.1 Å². The number of piperidine rings is 1. The van der Waals surface area contributed by atoms with Crippen molar-refractivity contribution in [3.8, 4) is 17.0 Å². The molecule has 1 aliphatic rings. The molecular formula is C23H23F3N4O4. The second kappa shape index (κ2) is 9.32. The Morgan fingerprint density at radius 2 is 2.00 bits per heavy atom. The van der Waals surface area contributed by atoms with Crippen LogP contribution in [0.25, 0.3) is 16.9 Å². The van der Waals surface area contributed by atoms with E-state index in [0.29, 0.717) is 35.2 Å². The number of fused-ring (bicyclic) bond motifs is 1. The predicted octanol–water partition coefficient (Wildman–Crippen LogP) is 3.84. The van der Waals surface area contributed by atoms with E-state index in [9.17, 15) is 22.8 Å². The number of nitrogens with zero attached hydrogens (tertiary/aromatic N) is 4. The van der Waals surface area contributed by atoms with E-state index in [1.165, 1.54) is 18.1 Å². The second-order valence-corrected chi connectivity index (χ2v) is 7.90. The number of esters is 1. The number of benzene rings is 1. The Morgan fingerprint density at radius 1 is 1.21 bits per heavy atom. The van der Waals surface area contributed by atoms with Crippen LogP contribution in [0.15, 0.2) is 36.4 Å². The Hall–Kier alpha value is -3.63. The van der Waals surface area contributed by atoms with E-state index in [-0.39, 0.29) is 36.2 Å². The van der Waals surface area contributed by atoms with E-state index >= 15 is 0 Å². The highest BCUT2D eigenvalue weighted by Crippen LogP contribution is 2.33. The summed E-state index contributed by atoms with van der Waals surface area (Å²) < 4.78 is 52.5. The van der Waals surface area contributed by atoms with E-state index in [1.54, 1.807) is 31.2 Å². The van der Waals surface area contributed by atoms with Gasteiger partial charge in [-0.15, -0.1) is 0 Å². The van der Waals surface area contributed by atoms with Crippen molar-refractivity contribution in [1.82, 2.24) is 19.5 Å². The van der Waals surface area contributed by atoms with Crippen LogP contribution >= 0.6 is 0 Å². The minimum Gasteiger partial charge on any atom is -0.497 e. The van der Waals surface area contributed by atoms with E-state index in [1.807, 2.05) is 0 Å². The fraction of sp³-hybridized carbons (Fsp3) is 0.391. The highest BCUT2D eigenvalue weighted by Gasteiger charge is 2.36. The molecule has 34 heavy (non-hydrogen) atoms. The zero-order valence-corrected chi connectivity index (χ0v) is 18.6. The Labute approximate surface area is 193 Å². The van der Waals surface area contributed by atoms with E-state index < -0.39 is 23.7 Å². The molecule has 0 spiro atoms. The van der Waals surface area contributed by atoms with Gasteiger partial charge >= 0.3 is 12.1 Å². The zero-order valence-electron chi connectivity index (χ0n) is 18.6. The molecule has 1 amide bonds. The van der Waals surface area contributed by atoms with Crippen molar-refractivity contribution in [1.29, 1.82) is 0 Å². The van der Waals surface area contributed by atoms with Crippen LogP contribution in [-0.4, -0.2) is 58.2 Å². The summed E-state index contributed by atoms with van der Waals surface area (Å²) in [5, 5.41) is 3.93. The molecule has 4 rings (SSSR count). The number of aromatic nitrogens is 3. The smallest absolute Gasteiger partial charge is 0.433 e. The molecule has 0 aliphatic carbocycles. The highest BCUT2D eigenvalue weighted by molar-refractivity contribution is 5.94. The molecule has 1 fully saturated rings. The van der Waals surface area contributed by atoms with Crippen LogP contribution < -0.4 is 4.74 Å². The summed E-state index contributed by atoms with van der Waals surface area (Å²) in [6.07, 6.45) is -3.58. The molecule has 0 bridgehead atoms. The maximum atomic E-state index is 13.9. The van der Waals surface area contributed by atoms with Crippen LogP contribution in [-0.2, 0) is 15.7 Å². The average Bonchev–Trinajstić information content (AvgIpc) is 3.26. The molecule has 180 valence electrons. The lowest BCUT2D eigenvalue weighted by molar-refractivity contribution is -0.149. The lowest BCUT2D eigenvalue weighted by Crippen LogP contribution is -2.43. The molecule has 1 atom stereocenters. The molecule has 0 saturated carbocycles. The first-order valence-corrected chi connectivity index (χ1v) is 10.8. The second-order valence-electron chi connectivity index (χ2n) is 7.90. The number of methoxy groups -OCH3 is 1. The van der Waals surface area contributed by atoms with Crippen molar-refractivity contribution >= 4 is 17.5 Å². The minimum atomic E-state index is -4.73. The van der Waals surface area contributed by atoms with Crippen LogP contribution in [0.3, 0.4) is 0 Å². The first-order valence-electron chi connectivity index (χ1n) is 10.8. The fourth-order valence-corrected chi connectivity index (χ4v) is 3.99. The van der Waals surface area contributed by atoms with Crippen molar-refractivity contribution in [3.63, 3.8) is 0 Å². The fourth-order valence-electron chi connectivity index (χ4n) is 3.99. The number of ether oxygens (including phenoxy) is 2. The highest BCUT2D eigenvalue weighted by atomic mass is 19.4. The molecule has 1 aromatic carbocycles. The SMILES string of the molecule is CCOC(=O)[C@H]1CCCN(C(=O)c2cc3nc(-c4cccc(OC)c4)cc(C(F)(F)F)n3n2)C1. The molecule has 0 unspecified atom stereocenters. The van der Waals surface area contributed by atoms with Crippen molar-refractivity contribution in [3.05, 3.63) is 47.8 Å². The Kier molecular flexibility index (Phi) is 6.45. The summed E-state index contributed by atoms with van der Waals surface area (Å²) in [5.74, 6) is -0.953. The third-order valence-corrected chi connectivity index (χ3v) is 5.63. The van der Waals surface area contributed by atoms with Gasteiger partial charge in [0.25, 0.3) is 5.91 Å². The van der Waals surface area contributed by atoms with Gasteiger partial charge in [-0.1, -0.05) is 12.1 Å². The monoisotopic (exact) mass is 476 g/mol. The van der Waals surface area contributed by atoms with Crippen molar-refractivity contribution in [2.75, 3.05) is 26.8 Å². The largest absolute Gasteiger partial charge is 0.497 e. The summed E-state index contributed by atoms with van der Waals surface area (Å²) >= 11 is 0. The normalized spacial score (nSPS) is 16.5. The van der Waals surface area contributed by atoms with Gasteiger partial charge in [-0.3, -0.25) is 9.59 Å². The summed E-state index contributed by atoms with van der Waals surface area (Å²) in [6.45, 7) is 2.43. The number of alkyl halides is 3. The number of carbonyl (C=O) groups is 2. The van der Waals surface area contributed by atoms with Gasteiger partial charge < -0.3 is 14.4 Å². The number of likely N-dealkylation sites (tertiary alicyclic amines) is 1. The van der Waals surface area contributed by atoms with Crippen molar-refractivity contribution < 1.29 is 32.2 Å². The van der Waals surface area contributed by atoms with Crippen molar-refractivity contribution in [2.24, 2.45) is 5.92 Å². The van der Waals surface area contributed by atoms with Crippen LogP contribution in [0, 0.1) is 5.92 Å². The van der Waals surface area contributed by atoms with Gasteiger partial charge in [0, 0.05) is 24.7 Å². The number of carbonyl (C=O) groups excluding carboxylic acids is 2. The Bertz CT molecular complexity index is 1220. The quantitative estimate of drug-likeness (QED) is 0.520. The number of rotatable bonds is 5. The molecule has 1 saturated heterocycles. The van der Waals surface area contributed by atoms with Gasteiger partial charge in [0.2, 0.25) is 0 Å². The van der Waals surface area contributed by atoms with Gasteiger partial charge in [-0.25, -0.2) is 9.50 Å². The van der Waals surface area contributed by atoms with E-state index in [0.717, 1.165) is 6.07 Å². The van der Waals surface area contributed by atoms with E-state index in [4.69, 9.17) is 9.47 Å². The summed E-state index contributed by atoms with van der Waals surface area (Å²) in [7, 11) is 1.46. The van der Waals surface area contributed by atoms with Gasteiger partial charge in [0.15, 0.2) is 17.0 Å². The Balaban J connectivity index is 1.71. The van der Waals surface area contributed by atoms with Gasteiger partial charge in [-0.2, -0.15) is 18.3 Å². The minimum absolute atomic E-state index is 0.0676. The van der Waals surface area contributed by atoms with Crippen LogP contribution in [0.4, 0.5) is 13.2 Å². The van der Waals surface area contributed by atoms with Crippen LogP contribution in [0.1, 0.15) is 35.9 Å². The number of amides is 1. The number of hydrogen-bond donors (Lipinski definition) is 0. The summed E-state index contributed by atoms with van der Waals surface area (Å²) in [5.41, 5.74) is -0.856. The lowest BCUT2D eigenvalue weighted by Gasteiger charge is -2.31. The lowest BCUT2D eigenvalue weighted by atomic mass is 9.98. The number of halogens is 3. The molecular weight excluding hydrogens is 453 g/mol. The van der Waals surface area contributed by atoms with Crippen molar-refractivity contribution in [2.45, 2.75) is 25.9 Å². The number of hydrogen-bond acceptors (Lipinski definition) is 6. The molecule has 3 aromatic rings. The third kappa shape index (κ3) is 4.68. The molecule has 2 aromatic heterocycles. The topological polar surface area (TPSA) is 86.0 Å². The molecule has 0 N–H and O–H groups in total. The van der Waals surface area contributed by atoms with Gasteiger partial charge in [0.1, 0.15) is 5.75 Å². The summed E-state index contributed by atoms with van der Waals surface area (Å²) in [6, 6.07) is 8.63. The first-order chi connectivity index (χ1) is 16.2. The van der Waals surface area contributed by atoms with Gasteiger partial charge in [-0.05, 0) is 38.0 Å². The standard InChI is InChI=1S/C23H23F3N4O4/c1-3-34-22(32)15-7-5-9-29(13-15)21(31)18-12-20-27-17(14-6-4-8-16(10-14)33-2)11-19(23(24,25)26)30(20)28-18/h4,6,8,10-12,15H,3,5,7,9,13H2,1-2H3/t15-/m0/s1. The third-order valence-electron chi connectivity index (χ3n) is 5.63. The van der Waals surface area contributed by atoms with Crippen LogP contribution in [0.5, 0.6) is 5.75 Å². The molecule has 3 heterocycles. The van der Waals surface area contributed by atoms with Crippen LogP contribution in [0.2, 0.25) is 0 Å². The maximum Gasteiger partial charge on any atom is 0.433 e. The van der Waals surface area contributed by atoms with Gasteiger partial charge in [0.05, 0.1) is 25.3 Å². The summed E-state index contributed by atoms with van der Waals surface area (Å²) in [4.78, 5) is 30.9. The Morgan fingerprint density at radius 3 is 2.71 bits per heavy atom. The molecule has 8 nitrogen and oxygen atoms in total. The molecule has 0 radical (unpaired) electrons. The zero-order chi connectivity index (χ0) is 24.5. The molecule has 11 heteroatoms. The average molecular weight is 476 g/mol. The maximum absolute atomic E-state index is 13.9. The molecule has 1 aliphatic heterocycles. The predicted molar refractivity (Wildman–Crippen MR) is 115 cm³/mol. The first kappa shape index (κ1) is 23.5.